The average Bonchev–Trinajstić information content (AvgIpc) is 2.53. The molecular weight excluding hydrogens is 298 g/mol. The van der Waals surface area contributed by atoms with Crippen molar-refractivity contribution in [1.82, 2.24) is 5.32 Å². The van der Waals surface area contributed by atoms with E-state index in [-0.39, 0.29) is 30.3 Å². The minimum Gasteiger partial charge on any atom is -0.484 e. The van der Waals surface area contributed by atoms with Gasteiger partial charge in [-0.25, -0.2) is 0 Å². The molecule has 1 aromatic carbocycles. The number of amides is 1. The first kappa shape index (κ1) is 17.0. The summed E-state index contributed by atoms with van der Waals surface area (Å²) in [5, 5.41) is 11.8. The van der Waals surface area contributed by atoms with Crippen LogP contribution in [0.25, 0.3) is 0 Å². The van der Waals surface area contributed by atoms with E-state index in [1.54, 1.807) is 24.3 Å². The van der Waals surface area contributed by atoms with Crippen molar-refractivity contribution in [3.63, 3.8) is 0 Å². The second kappa shape index (κ2) is 7.76. The highest BCUT2D eigenvalue weighted by atomic mass is 16.5. The Kier molecular flexibility index (Phi) is 5.73. The smallest absolute Gasteiger partial charge is 0.306 e. The molecule has 0 unspecified atom stereocenters. The molecule has 2 rings (SSSR count). The molecule has 1 aromatic rings. The van der Waals surface area contributed by atoms with Crippen molar-refractivity contribution in [2.75, 3.05) is 6.61 Å². The van der Waals surface area contributed by atoms with Crippen LogP contribution in [0.1, 0.15) is 43.0 Å². The van der Waals surface area contributed by atoms with Crippen LogP contribution in [0.5, 0.6) is 5.75 Å². The SMILES string of the molecule is CC(=O)c1cccc(OCC(=O)NC2CCC(C(=O)O)CC2)c1. The lowest BCUT2D eigenvalue weighted by molar-refractivity contribution is -0.142. The number of ether oxygens (including phenoxy) is 1. The first-order chi connectivity index (χ1) is 11.0. The molecule has 1 fully saturated rings. The van der Waals surface area contributed by atoms with Crippen LogP contribution in [-0.4, -0.2) is 35.4 Å². The average molecular weight is 319 g/mol. The third kappa shape index (κ3) is 5.09. The molecule has 0 saturated heterocycles. The Balaban J connectivity index is 1.76. The van der Waals surface area contributed by atoms with E-state index in [9.17, 15) is 14.4 Å². The first-order valence-electron chi connectivity index (χ1n) is 7.71. The highest BCUT2D eigenvalue weighted by Gasteiger charge is 2.26. The van der Waals surface area contributed by atoms with Crippen LogP contribution in [0.3, 0.4) is 0 Å². The van der Waals surface area contributed by atoms with Crippen LogP contribution in [0, 0.1) is 5.92 Å². The van der Waals surface area contributed by atoms with Gasteiger partial charge in [0.05, 0.1) is 5.92 Å². The van der Waals surface area contributed by atoms with Crippen molar-refractivity contribution < 1.29 is 24.2 Å². The van der Waals surface area contributed by atoms with Crippen LogP contribution in [0.2, 0.25) is 0 Å². The van der Waals surface area contributed by atoms with Crippen LogP contribution in [0.15, 0.2) is 24.3 Å². The van der Waals surface area contributed by atoms with Crippen LogP contribution in [0.4, 0.5) is 0 Å². The highest BCUT2D eigenvalue weighted by molar-refractivity contribution is 5.94. The fraction of sp³-hybridized carbons (Fsp3) is 0.471. The van der Waals surface area contributed by atoms with E-state index in [1.165, 1.54) is 6.92 Å². The number of nitrogens with one attached hydrogen (secondary N) is 1. The standard InChI is InChI=1S/C17H21NO5/c1-11(19)13-3-2-4-15(9-13)23-10-16(20)18-14-7-5-12(6-8-14)17(21)22/h2-4,9,12,14H,5-8,10H2,1H3,(H,18,20)(H,21,22). The molecule has 0 spiro atoms. The fourth-order valence-electron chi connectivity index (χ4n) is 2.71. The number of rotatable bonds is 6. The third-order valence-corrected chi connectivity index (χ3v) is 4.05. The Hall–Kier alpha value is -2.37. The molecule has 0 aromatic heterocycles. The van der Waals surface area contributed by atoms with Gasteiger partial charge in [0, 0.05) is 11.6 Å². The van der Waals surface area contributed by atoms with Crippen molar-refractivity contribution >= 4 is 17.7 Å². The molecule has 6 heteroatoms. The number of Topliss-reactive ketones (excluding diaryl/α,β-unsaturated/α-hetero) is 1. The largest absolute Gasteiger partial charge is 0.484 e. The summed E-state index contributed by atoms with van der Waals surface area (Å²) in [6, 6.07) is 6.70. The van der Waals surface area contributed by atoms with E-state index in [4.69, 9.17) is 9.84 Å². The van der Waals surface area contributed by atoms with Gasteiger partial charge < -0.3 is 15.2 Å². The third-order valence-electron chi connectivity index (χ3n) is 4.05. The Morgan fingerprint density at radius 3 is 2.52 bits per heavy atom. The van der Waals surface area contributed by atoms with E-state index >= 15 is 0 Å². The van der Waals surface area contributed by atoms with Crippen LogP contribution in [-0.2, 0) is 9.59 Å². The number of carbonyl (C=O) groups excluding carboxylic acids is 2. The monoisotopic (exact) mass is 319 g/mol. The van der Waals surface area contributed by atoms with Crippen molar-refractivity contribution in [3.05, 3.63) is 29.8 Å². The molecule has 1 amide bonds. The number of ketones is 1. The summed E-state index contributed by atoms with van der Waals surface area (Å²) >= 11 is 0. The number of carboxylic acids is 1. The number of aliphatic carboxylic acids is 1. The molecule has 23 heavy (non-hydrogen) atoms. The van der Waals surface area contributed by atoms with Gasteiger partial charge in [0.15, 0.2) is 12.4 Å². The molecule has 0 heterocycles. The summed E-state index contributed by atoms with van der Waals surface area (Å²) in [6.07, 6.45) is 2.51. The summed E-state index contributed by atoms with van der Waals surface area (Å²) in [4.78, 5) is 34.1. The van der Waals surface area contributed by atoms with Gasteiger partial charge in [0.2, 0.25) is 0 Å². The molecule has 0 aliphatic heterocycles. The zero-order valence-electron chi connectivity index (χ0n) is 13.1. The lowest BCUT2D eigenvalue weighted by Crippen LogP contribution is -2.40. The van der Waals surface area contributed by atoms with Gasteiger partial charge in [-0.15, -0.1) is 0 Å². The predicted molar refractivity (Wildman–Crippen MR) is 83.5 cm³/mol. The first-order valence-corrected chi connectivity index (χ1v) is 7.71. The second-order valence-corrected chi connectivity index (χ2v) is 5.83. The lowest BCUT2D eigenvalue weighted by Gasteiger charge is -2.26. The lowest BCUT2D eigenvalue weighted by atomic mass is 9.86. The maximum Gasteiger partial charge on any atom is 0.306 e. The molecule has 1 aliphatic rings. The minimum absolute atomic E-state index is 0.00486. The summed E-state index contributed by atoms with van der Waals surface area (Å²) < 4.78 is 5.40. The number of hydrogen-bond donors (Lipinski definition) is 2. The number of benzene rings is 1. The Morgan fingerprint density at radius 1 is 1.22 bits per heavy atom. The molecule has 2 N–H and O–H groups in total. The van der Waals surface area contributed by atoms with Gasteiger partial charge in [-0.05, 0) is 44.7 Å². The summed E-state index contributed by atoms with van der Waals surface area (Å²) in [7, 11) is 0. The Bertz CT molecular complexity index is 590. The molecule has 1 aliphatic carbocycles. The van der Waals surface area contributed by atoms with E-state index in [0.29, 0.717) is 37.0 Å². The summed E-state index contributed by atoms with van der Waals surface area (Å²) in [6.45, 7) is 1.35. The molecule has 1 saturated carbocycles. The van der Waals surface area contributed by atoms with E-state index in [2.05, 4.69) is 5.32 Å². The van der Waals surface area contributed by atoms with Gasteiger partial charge in [0.1, 0.15) is 5.75 Å². The van der Waals surface area contributed by atoms with Crippen LogP contribution >= 0.6 is 0 Å². The topological polar surface area (TPSA) is 92.7 Å². The summed E-state index contributed by atoms with van der Waals surface area (Å²) in [5.41, 5.74) is 0.537. The van der Waals surface area contributed by atoms with Gasteiger partial charge in [-0.3, -0.25) is 14.4 Å². The molecule has 0 bridgehead atoms. The Labute approximate surface area is 134 Å². The zero-order chi connectivity index (χ0) is 16.8. The number of carboxylic acid groups (broad SMARTS) is 1. The number of hydrogen-bond acceptors (Lipinski definition) is 4. The highest BCUT2D eigenvalue weighted by Crippen LogP contribution is 2.24. The fourth-order valence-corrected chi connectivity index (χ4v) is 2.71. The number of carbonyl (C=O) groups is 3. The molecule has 0 atom stereocenters. The second-order valence-electron chi connectivity index (χ2n) is 5.83. The van der Waals surface area contributed by atoms with Crippen molar-refractivity contribution in [1.29, 1.82) is 0 Å². The normalized spacial score (nSPS) is 20.6. The molecule has 124 valence electrons. The minimum atomic E-state index is -0.761. The zero-order valence-corrected chi connectivity index (χ0v) is 13.1. The van der Waals surface area contributed by atoms with Gasteiger partial charge in [-0.2, -0.15) is 0 Å². The quantitative estimate of drug-likeness (QED) is 0.783. The predicted octanol–water partition coefficient (Wildman–Crippen LogP) is 2.03. The maximum absolute atomic E-state index is 11.9. The van der Waals surface area contributed by atoms with Crippen LogP contribution < -0.4 is 10.1 Å². The Morgan fingerprint density at radius 2 is 1.91 bits per heavy atom. The summed E-state index contributed by atoms with van der Waals surface area (Å²) in [5.74, 6) is -0.883. The van der Waals surface area contributed by atoms with E-state index in [1.807, 2.05) is 0 Å². The van der Waals surface area contributed by atoms with E-state index < -0.39 is 5.97 Å². The van der Waals surface area contributed by atoms with E-state index in [0.717, 1.165) is 0 Å². The van der Waals surface area contributed by atoms with Crippen molar-refractivity contribution in [3.8, 4) is 5.75 Å². The van der Waals surface area contributed by atoms with Gasteiger partial charge >= 0.3 is 5.97 Å². The van der Waals surface area contributed by atoms with Crippen molar-refractivity contribution in [2.45, 2.75) is 38.6 Å². The molecule has 6 nitrogen and oxygen atoms in total. The molecular formula is C17H21NO5. The van der Waals surface area contributed by atoms with Crippen molar-refractivity contribution in [2.24, 2.45) is 5.92 Å². The maximum atomic E-state index is 11.9. The molecule has 0 radical (unpaired) electrons. The van der Waals surface area contributed by atoms with Gasteiger partial charge in [0.25, 0.3) is 5.91 Å². The van der Waals surface area contributed by atoms with Gasteiger partial charge in [-0.1, -0.05) is 12.1 Å².